The first-order valence-corrected chi connectivity index (χ1v) is 6.54. The number of aryl methyl sites for hydroxylation is 1. The minimum Gasteiger partial charge on any atom is -0.323 e. The molecule has 19 heavy (non-hydrogen) atoms. The normalized spacial score (nSPS) is 22.4. The van der Waals surface area contributed by atoms with Crippen molar-refractivity contribution < 1.29 is 4.79 Å². The van der Waals surface area contributed by atoms with E-state index in [1.807, 2.05) is 6.92 Å². The largest absolute Gasteiger partial charge is 0.323 e. The Morgan fingerprint density at radius 1 is 1.47 bits per heavy atom. The number of amides is 1. The standard InChI is InChI=1S/C13H20N4O.ClH/c1-3-12-15-7-11(8-16-12)17-13(18)10-4-5-14-9(2)6-10;/h7-10,14H,3-6H2,1-2H3,(H,17,18);1H/t9-,10-;/m0./s1. The zero-order valence-electron chi connectivity index (χ0n) is 11.3. The van der Waals surface area contributed by atoms with Crippen molar-refractivity contribution in [2.24, 2.45) is 5.92 Å². The zero-order chi connectivity index (χ0) is 13.0. The van der Waals surface area contributed by atoms with Gasteiger partial charge in [-0.3, -0.25) is 4.79 Å². The SMILES string of the molecule is CCc1ncc(NC(=O)[C@H]2CCN[C@@H](C)C2)cn1.Cl. The van der Waals surface area contributed by atoms with Crippen molar-refractivity contribution in [2.75, 3.05) is 11.9 Å². The Morgan fingerprint density at radius 2 is 2.16 bits per heavy atom. The average Bonchev–Trinajstić information content (AvgIpc) is 2.39. The van der Waals surface area contributed by atoms with E-state index >= 15 is 0 Å². The van der Waals surface area contributed by atoms with Gasteiger partial charge in [-0.2, -0.15) is 0 Å². The van der Waals surface area contributed by atoms with Crippen LogP contribution in [0.3, 0.4) is 0 Å². The number of anilines is 1. The highest BCUT2D eigenvalue weighted by molar-refractivity contribution is 5.92. The molecule has 1 aromatic heterocycles. The lowest BCUT2D eigenvalue weighted by Crippen LogP contribution is -2.40. The van der Waals surface area contributed by atoms with Gasteiger partial charge in [-0.15, -0.1) is 12.4 Å². The van der Waals surface area contributed by atoms with Gasteiger partial charge in [0.2, 0.25) is 5.91 Å². The summed E-state index contributed by atoms with van der Waals surface area (Å²) in [5, 5.41) is 6.23. The summed E-state index contributed by atoms with van der Waals surface area (Å²) in [5.41, 5.74) is 0.684. The highest BCUT2D eigenvalue weighted by atomic mass is 35.5. The molecule has 6 heteroatoms. The molecule has 1 aromatic rings. The van der Waals surface area contributed by atoms with E-state index in [0.29, 0.717) is 11.7 Å². The van der Waals surface area contributed by atoms with Gasteiger partial charge in [0.25, 0.3) is 0 Å². The molecule has 0 bridgehead atoms. The lowest BCUT2D eigenvalue weighted by Gasteiger charge is -2.26. The Bertz CT molecular complexity index is 410. The molecule has 1 saturated heterocycles. The fourth-order valence-electron chi connectivity index (χ4n) is 2.22. The van der Waals surface area contributed by atoms with Crippen LogP contribution in [0.15, 0.2) is 12.4 Å². The third-order valence-electron chi connectivity index (χ3n) is 3.28. The number of carbonyl (C=O) groups is 1. The van der Waals surface area contributed by atoms with E-state index < -0.39 is 0 Å². The fourth-order valence-corrected chi connectivity index (χ4v) is 2.22. The highest BCUT2D eigenvalue weighted by Gasteiger charge is 2.24. The summed E-state index contributed by atoms with van der Waals surface area (Å²) in [6.07, 6.45) is 5.94. The molecule has 5 nitrogen and oxygen atoms in total. The van der Waals surface area contributed by atoms with E-state index in [1.54, 1.807) is 12.4 Å². The van der Waals surface area contributed by atoms with Crippen molar-refractivity contribution in [3.63, 3.8) is 0 Å². The van der Waals surface area contributed by atoms with Crippen molar-refractivity contribution in [1.29, 1.82) is 0 Å². The summed E-state index contributed by atoms with van der Waals surface area (Å²) in [6, 6.07) is 0.410. The van der Waals surface area contributed by atoms with Crippen molar-refractivity contribution in [3.05, 3.63) is 18.2 Å². The van der Waals surface area contributed by atoms with Crippen LogP contribution in [0.5, 0.6) is 0 Å². The second kappa shape index (κ2) is 7.40. The Morgan fingerprint density at radius 3 is 2.74 bits per heavy atom. The average molecular weight is 285 g/mol. The molecule has 2 N–H and O–H groups in total. The van der Waals surface area contributed by atoms with Crippen molar-refractivity contribution in [1.82, 2.24) is 15.3 Å². The van der Waals surface area contributed by atoms with Crippen LogP contribution in [0.4, 0.5) is 5.69 Å². The van der Waals surface area contributed by atoms with Gasteiger partial charge < -0.3 is 10.6 Å². The first kappa shape index (κ1) is 15.9. The van der Waals surface area contributed by atoms with Crippen LogP contribution in [0.2, 0.25) is 0 Å². The van der Waals surface area contributed by atoms with Crippen LogP contribution in [0.25, 0.3) is 0 Å². The van der Waals surface area contributed by atoms with E-state index in [0.717, 1.165) is 31.6 Å². The lowest BCUT2D eigenvalue weighted by atomic mass is 9.92. The van der Waals surface area contributed by atoms with Crippen molar-refractivity contribution in [2.45, 2.75) is 39.2 Å². The van der Waals surface area contributed by atoms with E-state index in [1.165, 1.54) is 0 Å². The van der Waals surface area contributed by atoms with Crippen LogP contribution in [0, 0.1) is 5.92 Å². The number of hydrogen-bond donors (Lipinski definition) is 2. The predicted molar refractivity (Wildman–Crippen MR) is 77.5 cm³/mol. The topological polar surface area (TPSA) is 66.9 Å². The van der Waals surface area contributed by atoms with Gasteiger partial charge in [0, 0.05) is 18.4 Å². The van der Waals surface area contributed by atoms with E-state index in [4.69, 9.17) is 0 Å². The number of halogens is 1. The van der Waals surface area contributed by atoms with Gasteiger partial charge in [-0.25, -0.2) is 9.97 Å². The Balaban J connectivity index is 0.00000180. The second-order valence-corrected chi connectivity index (χ2v) is 4.81. The third-order valence-corrected chi connectivity index (χ3v) is 3.28. The van der Waals surface area contributed by atoms with Crippen molar-refractivity contribution in [3.8, 4) is 0 Å². The number of carbonyl (C=O) groups excluding carboxylic acids is 1. The molecule has 1 aliphatic heterocycles. The summed E-state index contributed by atoms with van der Waals surface area (Å²) in [6.45, 7) is 5.02. The molecule has 0 aliphatic carbocycles. The summed E-state index contributed by atoms with van der Waals surface area (Å²) in [7, 11) is 0. The summed E-state index contributed by atoms with van der Waals surface area (Å²) in [5.74, 6) is 0.965. The van der Waals surface area contributed by atoms with E-state index in [-0.39, 0.29) is 24.2 Å². The first-order chi connectivity index (χ1) is 8.69. The molecule has 2 rings (SSSR count). The maximum absolute atomic E-state index is 12.1. The predicted octanol–water partition coefficient (Wildman–Crippen LogP) is 1.79. The van der Waals surface area contributed by atoms with Crippen LogP contribution >= 0.6 is 12.4 Å². The van der Waals surface area contributed by atoms with Crippen LogP contribution in [-0.2, 0) is 11.2 Å². The second-order valence-electron chi connectivity index (χ2n) is 4.81. The lowest BCUT2D eigenvalue weighted by molar-refractivity contribution is -0.120. The first-order valence-electron chi connectivity index (χ1n) is 6.54. The summed E-state index contributed by atoms with van der Waals surface area (Å²) in [4.78, 5) is 20.4. The number of nitrogens with one attached hydrogen (secondary N) is 2. The minimum atomic E-state index is 0. The fraction of sp³-hybridized carbons (Fsp3) is 0.615. The van der Waals surface area contributed by atoms with Gasteiger partial charge in [0.1, 0.15) is 5.82 Å². The molecular formula is C13H21ClN4O. The molecule has 0 radical (unpaired) electrons. The van der Waals surface area contributed by atoms with Crippen LogP contribution in [-0.4, -0.2) is 28.5 Å². The number of nitrogens with zero attached hydrogens (tertiary/aromatic N) is 2. The molecule has 1 fully saturated rings. The minimum absolute atomic E-state index is 0. The van der Waals surface area contributed by atoms with E-state index in [9.17, 15) is 4.79 Å². The van der Waals surface area contributed by atoms with Gasteiger partial charge in [0.05, 0.1) is 18.1 Å². The summed E-state index contributed by atoms with van der Waals surface area (Å²) < 4.78 is 0. The smallest absolute Gasteiger partial charge is 0.227 e. The molecule has 0 saturated carbocycles. The Hall–Kier alpha value is -1.20. The Labute approximate surface area is 120 Å². The molecule has 1 amide bonds. The molecule has 2 heterocycles. The quantitative estimate of drug-likeness (QED) is 0.888. The third kappa shape index (κ3) is 4.44. The number of hydrogen-bond acceptors (Lipinski definition) is 4. The molecule has 0 spiro atoms. The van der Waals surface area contributed by atoms with Gasteiger partial charge in [-0.05, 0) is 26.3 Å². The maximum atomic E-state index is 12.1. The van der Waals surface area contributed by atoms with Gasteiger partial charge in [-0.1, -0.05) is 6.92 Å². The van der Waals surface area contributed by atoms with E-state index in [2.05, 4.69) is 27.5 Å². The number of aromatic nitrogens is 2. The van der Waals surface area contributed by atoms with Gasteiger partial charge >= 0.3 is 0 Å². The van der Waals surface area contributed by atoms with Crippen LogP contribution < -0.4 is 10.6 Å². The monoisotopic (exact) mass is 284 g/mol. The van der Waals surface area contributed by atoms with Crippen LogP contribution in [0.1, 0.15) is 32.5 Å². The van der Waals surface area contributed by atoms with Gasteiger partial charge in [0.15, 0.2) is 0 Å². The Kier molecular flexibility index (Phi) is 6.18. The highest BCUT2D eigenvalue weighted by Crippen LogP contribution is 2.18. The molecule has 1 aliphatic rings. The molecule has 0 unspecified atom stereocenters. The maximum Gasteiger partial charge on any atom is 0.227 e. The molecule has 2 atom stereocenters. The molecular weight excluding hydrogens is 264 g/mol. The van der Waals surface area contributed by atoms with Crippen molar-refractivity contribution >= 4 is 24.0 Å². The summed E-state index contributed by atoms with van der Waals surface area (Å²) >= 11 is 0. The number of rotatable bonds is 3. The zero-order valence-corrected chi connectivity index (χ0v) is 12.2. The molecule has 106 valence electrons. The number of piperidine rings is 1. The molecule has 0 aromatic carbocycles.